The van der Waals surface area contributed by atoms with E-state index in [0.29, 0.717) is 29.8 Å². The first-order valence-corrected chi connectivity index (χ1v) is 6.58. The van der Waals surface area contributed by atoms with Gasteiger partial charge in [0.25, 0.3) is 0 Å². The molecule has 1 fully saturated rings. The molecule has 0 radical (unpaired) electrons. The van der Waals surface area contributed by atoms with Crippen LogP contribution in [-0.2, 0) is 9.53 Å². The van der Waals surface area contributed by atoms with Gasteiger partial charge in [-0.3, -0.25) is 4.79 Å². The van der Waals surface area contributed by atoms with Gasteiger partial charge in [0.15, 0.2) is 11.2 Å². The summed E-state index contributed by atoms with van der Waals surface area (Å²) in [7, 11) is 0. The highest BCUT2D eigenvalue weighted by atomic mass is 35.5. The van der Waals surface area contributed by atoms with E-state index in [1.165, 1.54) is 0 Å². The Balaban J connectivity index is 2.00. The Labute approximate surface area is 121 Å². The Morgan fingerprint density at radius 3 is 2.95 bits per heavy atom. The molecule has 0 aliphatic carbocycles. The zero-order valence-electron chi connectivity index (χ0n) is 10.1. The summed E-state index contributed by atoms with van der Waals surface area (Å²) in [6.07, 6.45) is -0.625. The first kappa shape index (κ1) is 14.0. The van der Waals surface area contributed by atoms with Gasteiger partial charge in [-0.25, -0.2) is 0 Å². The number of hydrogen-bond acceptors (Lipinski definition) is 3. The average molecular weight is 300 g/mol. The number of thiocarbonyl (C=S) groups is 1. The topological polar surface area (TPSA) is 67.6 Å². The molecule has 7 heteroatoms. The molecule has 1 saturated heterocycles. The fraction of sp³-hybridized carbons (Fsp3) is 0.333. The van der Waals surface area contributed by atoms with E-state index in [2.05, 4.69) is 5.32 Å². The normalized spacial score (nSPS) is 19.0. The van der Waals surface area contributed by atoms with Crippen molar-refractivity contribution in [2.45, 2.75) is 6.10 Å². The molecule has 102 valence electrons. The highest BCUT2D eigenvalue weighted by Gasteiger charge is 2.26. The van der Waals surface area contributed by atoms with Crippen LogP contribution in [0.2, 0.25) is 5.02 Å². The second-order valence-electron chi connectivity index (χ2n) is 4.12. The number of hydrogen-bond donors (Lipinski definition) is 2. The zero-order chi connectivity index (χ0) is 13.8. The van der Waals surface area contributed by atoms with E-state index >= 15 is 0 Å². The number of nitrogens with two attached hydrogens (primary N) is 1. The highest BCUT2D eigenvalue weighted by Crippen LogP contribution is 2.21. The predicted octanol–water partition coefficient (Wildman–Crippen LogP) is 1.22. The zero-order valence-corrected chi connectivity index (χ0v) is 11.7. The van der Waals surface area contributed by atoms with Gasteiger partial charge in [-0.1, -0.05) is 23.7 Å². The molecule has 1 unspecified atom stereocenters. The smallest absolute Gasteiger partial charge is 0.248 e. The molecule has 1 heterocycles. The molecule has 5 nitrogen and oxygen atoms in total. The number of rotatable bonds is 2. The maximum absolute atomic E-state index is 11.1. The molecule has 0 bridgehead atoms. The first-order valence-electron chi connectivity index (χ1n) is 5.79. The number of carbonyl (C=O) groups excluding carboxylic acids is 1. The van der Waals surface area contributed by atoms with Gasteiger partial charge in [-0.15, -0.1) is 0 Å². The summed E-state index contributed by atoms with van der Waals surface area (Å²) >= 11 is 11.4. The Kier molecular flexibility index (Phi) is 4.57. The molecule has 19 heavy (non-hydrogen) atoms. The van der Waals surface area contributed by atoms with E-state index in [9.17, 15) is 4.79 Å². The molecular weight excluding hydrogens is 286 g/mol. The molecule has 1 aliphatic heterocycles. The van der Waals surface area contributed by atoms with E-state index in [1.54, 1.807) is 6.07 Å². The van der Waals surface area contributed by atoms with Gasteiger partial charge >= 0.3 is 0 Å². The van der Waals surface area contributed by atoms with Crippen molar-refractivity contribution in [1.29, 1.82) is 0 Å². The average Bonchev–Trinajstić information content (AvgIpc) is 2.41. The van der Waals surface area contributed by atoms with Gasteiger partial charge in [0.2, 0.25) is 5.91 Å². The molecule has 3 N–H and O–H groups in total. The lowest BCUT2D eigenvalue weighted by Crippen LogP contribution is -2.51. The van der Waals surface area contributed by atoms with Crippen molar-refractivity contribution >= 4 is 40.5 Å². The third-order valence-corrected chi connectivity index (χ3v) is 3.48. The summed E-state index contributed by atoms with van der Waals surface area (Å²) in [4.78, 5) is 13.0. The molecule has 1 aromatic carbocycles. The van der Waals surface area contributed by atoms with Crippen LogP contribution in [0.25, 0.3) is 0 Å². The van der Waals surface area contributed by atoms with Crippen LogP contribution in [0.15, 0.2) is 24.3 Å². The minimum Gasteiger partial charge on any atom is -0.367 e. The minimum absolute atomic E-state index is 0.353. The highest BCUT2D eigenvalue weighted by molar-refractivity contribution is 7.80. The number of anilines is 1. The van der Waals surface area contributed by atoms with Gasteiger partial charge in [0, 0.05) is 6.54 Å². The van der Waals surface area contributed by atoms with E-state index in [0.717, 1.165) is 5.69 Å². The minimum atomic E-state index is -0.625. The van der Waals surface area contributed by atoms with E-state index in [-0.39, 0.29) is 0 Å². The van der Waals surface area contributed by atoms with Gasteiger partial charge in [-0.2, -0.15) is 0 Å². The Morgan fingerprint density at radius 1 is 1.53 bits per heavy atom. The number of carbonyl (C=O) groups is 1. The lowest BCUT2D eigenvalue weighted by atomic mass is 10.2. The number of benzene rings is 1. The van der Waals surface area contributed by atoms with E-state index in [4.69, 9.17) is 34.3 Å². The molecule has 1 atom stereocenters. The molecular formula is C12H14ClN3O2S. The number of amides is 1. The van der Waals surface area contributed by atoms with Gasteiger partial charge in [0.05, 0.1) is 23.9 Å². The molecule has 0 saturated carbocycles. The number of para-hydroxylation sites is 1. The third-order valence-electron chi connectivity index (χ3n) is 2.79. The molecule has 2 rings (SSSR count). The van der Waals surface area contributed by atoms with Crippen LogP contribution >= 0.6 is 23.8 Å². The lowest BCUT2D eigenvalue weighted by molar-refractivity contribution is -0.133. The second-order valence-corrected chi connectivity index (χ2v) is 4.91. The van der Waals surface area contributed by atoms with Crippen LogP contribution in [0.1, 0.15) is 0 Å². The Hall–Kier alpha value is -1.37. The predicted molar refractivity (Wildman–Crippen MR) is 78.2 cm³/mol. The van der Waals surface area contributed by atoms with E-state index in [1.807, 2.05) is 23.1 Å². The van der Waals surface area contributed by atoms with Crippen molar-refractivity contribution in [2.75, 3.05) is 25.0 Å². The van der Waals surface area contributed by atoms with Crippen molar-refractivity contribution in [2.24, 2.45) is 5.73 Å². The molecule has 1 aromatic rings. The lowest BCUT2D eigenvalue weighted by Gasteiger charge is -2.33. The van der Waals surface area contributed by atoms with Crippen molar-refractivity contribution in [3.63, 3.8) is 0 Å². The van der Waals surface area contributed by atoms with Crippen molar-refractivity contribution in [3.05, 3.63) is 29.3 Å². The summed E-state index contributed by atoms with van der Waals surface area (Å²) in [5, 5.41) is 4.15. The molecule has 0 spiro atoms. The summed E-state index contributed by atoms with van der Waals surface area (Å²) in [6.45, 7) is 1.38. The maximum atomic E-state index is 11.1. The summed E-state index contributed by atoms with van der Waals surface area (Å²) in [5.41, 5.74) is 5.96. The standard InChI is InChI=1S/C12H14ClN3O2S/c13-8-3-1-2-4-9(8)15-12(19)16-5-6-18-10(7-16)11(14)17/h1-4,10H,5-7H2,(H2,14,17)(H,15,19). The summed E-state index contributed by atoms with van der Waals surface area (Å²) in [5.74, 6) is -0.481. The van der Waals surface area contributed by atoms with Crippen molar-refractivity contribution < 1.29 is 9.53 Å². The Bertz CT molecular complexity index is 498. The number of ether oxygens (including phenoxy) is 1. The number of nitrogens with one attached hydrogen (secondary N) is 1. The van der Waals surface area contributed by atoms with Crippen molar-refractivity contribution in [1.82, 2.24) is 4.90 Å². The molecule has 0 aromatic heterocycles. The molecule has 1 amide bonds. The fourth-order valence-electron chi connectivity index (χ4n) is 1.76. The fourth-order valence-corrected chi connectivity index (χ4v) is 2.22. The SMILES string of the molecule is NC(=O)C1CN(C(=S)Nc2ccccc2Cl)CCO1. The van der Waals surface area contributed by atoms with Gasteiger partial charge in [0.1, 0.15) is 0 Å². The number of morpholine rings is 1. The molecule has 1 aliphatic rings. The van der Waals surface area contributed by atoms with Crippen LogP contribution < -0.4 is 11.1 Å². The monoisotopic (exact) mass is 299 g/mol. The maximum Gasteiger partial charge on any atom is 0.248 e. The number of halogens is 1. The van der Waals surface area contributed by atoms with Crippen LogP contribution in [0, 0.1) is 0 Å². The van der Waals surface area contributed by atoms with Gasteiger partial charge in [-0.05, 0) is 24.4 Å². The Morgan fingerprint density at radius 2 is 2.26 bits per heavy atom. The van der Waals surface area contributed by atoms with E-state index < -0.39 is 12.0 Å². The first-order chi connectivity index (χ1) is 9.08. The van der Waals surface area contributed by atoms with Gasteiger partial charge < -0.3 is 20.7 Å². The second kappa shape index (κ2) is 6.18. The number of nitrogens with zero attached hydrogens (tertiary/aromatic N) is 1. The van der Waals surface area contributed by atoms with Crippen LogP contribution in [0.3, 0.4) is 0 Å². The summed E-state index contributed by atoms with van der Waals surface area (Å²) in [6, 6.07) is 7.31. The number of primary amides is 1. The van der Waals surface area contributed by atoms with Crippen LogP contribution in [0.5, 0.6) is 0 Å². The quantitative estimate of drug-likeness (QED) is 0.804. The largest absolute Gasteiger partial charge is 0.367 e. The van der Waals surface area contributed by atoms with Crippen molar-refractivity contribution in [3.8, 4) is 0 Å². The van der Waals surface area contributed by atoms with Crippen LogP contribution in [0.4, 0.5) is 5.69 Å². The van der Waals surface area contributed by atoms with Crippen LogP contribution in [-0.4, -0.2) is 41.7 Å². The third kappa shape index (κ3) is 3.56. The summed E-state index contributed by atoms with van der Waals surface area (Å²) < 4.78 is 5.26.